The van der Waals surface area contributed by atoms with E-state index in [-0.39, 0.29) is 18.1 Å². The monoisotopic (exact) mass is 300 g/mol. The van der Waals surface area contributed by atoms with E-state index in [4.69, 9.17) is 4.74 Å². The first-order valence-corrected chi connectivity index (χ1v) is 8.10. The zero-order chi connectivity index (χ0) is 16.3. The van der Waals surface area contributed by atoms with E-state index < -0.39 is 17.5 Å². The lowest BCUT2D eigenvalue weighted by molar-refractivity contribution is -0.155. The first kappa shape index (κ1) is 18.4. The van der Waals surface area contributed by atoms with Crippen molar-refractivity contribution in [2.75, 3.05) is 6.61 Å². The maximum atomic E-state index is 11.8. The minimum Gasteiger partial charge on any atom is -0.481 e. The molecule has 1 saturated carbocycles. The zero-order valence-electron chi connectivity index (χ0n) is 14.2. The Labute approximate surface area is 128 Å². The van der Waals surface area contributed by atoms with Gasteiger partial charge >= 0.3 is 5.97 Å². The molecule has 0 aromatic rings. The van der Waals surface area contributed by atoms with E-state index in [1.165, 1.54) is 0 Å². The van der Waals surface area contributed by atoms with Crippen LogP contribution in [0.4, 0.5) is 0 Å². The quantitative estimate of drug-likeness (QED) is 0.788. The lowest BCUT2D eigenvalue weighted by Crippen LogP contribution is -2.41. The minimum atomic E-state index is -0.776. The Morgan fingerprint density at radius 1 is 1.29 bits per heavy atom. The summed E-state index contributed by atoms with van der Waals surface area (Å²) in [5.74, 6) is -0.201. The standard InChI is InChI=1S/C17H32O4/c1-12(2)21-11-14(18)10-17(15(19)20)8-6-13(7-9-17)16(3,4)5/h12-14,18H,6-11H2,1-5H3,(H,19,20). The molecular weight excluding hydrogens is 268 g/mol. The topological polar surface area (TPSA) is 66.8 Å². The van der Waals surface area contributed by atoms with Crippen LogP contribution in [0, 0.1) is 16.7 Å². The van der Waals surface area contributed by atoms with Gasteiger partial charge in [-0.25, -0.2) is 0 Å². The second-order valence-corrected chi connectivity index (χ2v) is 7.97. The van der Waals surface area contributed by atoms with Gasteiger partial charge in [0, 0.05) is 0 Å². The highest BCUT2D eigenvalue weighted by Gasteiger charge is 2.45. The second kappa shape index (κ2) is 7.10. The van der Waals surface area contributed by atoms with E-state index in [0.717, 1.165) is 12.8 Å². The maximum absolute atomic E-state index is 11.8. The first-order valence-electron chi connectivity index (χ1n) is 8.10. The Hall–Kier alpha value is -0.610. The van der Waals surface area contributed by atoms with Gasteiger partial charge in [0.05, 0.1) is 24.2 Å². The molecule has 0 saturated heterocycles. The number of aliphatic hydroxyl groups is 1. The average Bonchev–Trinajstić information content (AvgIpc) is 2.35. The molecule has 1 unspecified atom stereocenters. The van der Waals surface area contributed by atoms with Crippen LogP contribution in [-0.2, 0) is 9.53 Å². The SMILES string of the molecule is CC(C)OCC(O)CC1(C(=O)O)CCC(C(C)(C)C)CC1. The number of carbonyl (C=O) groups is 1. The molecule has 1 aliphatic carbocycles. The highest BCUT2D eigenvalue weighted by atomic mass is 16.5. The van der Waals surface area contributed by atoms with E-state index in [1.54, 1.807) is 0 Å². The Morgan fingerprint density at radius 2 is 1.81 bits per heavy atom. The molecule has 4 nitrogen and oxygen atoms in total. The van der Waals surface area contributed by atoms with Gasteiger partial charge in [-0.2, -0.15) is 0 Å². The summed E-state index contributed by atoms with van der Waals surface area (Å²) in [5, 5.41) is 19.8. The Balaban J connectivity index is 2.64. The number of carboxylic acids is 1. The summed E-state index contributed by atoms with van der Waals surface area (Å²) in [6.45, 7) is 10.7. The molecule has 0 bridgehead atoms. The van der Waals surface area contributed by atoms with Crippen LogP contribution in [0.5, 0.6) is 0 Å². The van der Waals surface area contributed by atoms with Crippen molar-refractivity contribution in [3.8, 4) is 0 Å². The summed E-state index contributed by atoms with van der Waals surface area (Å²) in [6.07, 6.45) is 2.81. The number of rotatable bonds is 6. The predicted molar refractivity (Wildman–Crippen MR) is 83.2 cm³/mol. The third kappa shape index (κ3) is 5.26. The predicted octanol–water partition coefficient (Wildman–Crippen LogP) is 3.47. The molecule has 1 fully saturated rings. The van der Waals surface area contributed by atoms with Crippen molar-refractivity contribution in [3.05, 3.63) is 0 Å². The van der Waals surface area contributed by atoms with Crippen molar-refractivity contribution in [3.63, 3.8) is 0 Å². The third-order valence-electron chi connectivity index (χ3n) is 4.87. The molecule has 0 spiro atoms. The normalized spacial score (nSPS) is 28.6. The van der Waals surface area contributed by atoms with Crippen molar-refractivity contribution in [2.24, 2.45) is 16.7 Å². The van der Waals surface area contributed by atoms with Gasteiger partial charge in [0.15, 0.2) is 0 Å². The molecule has 124 valence electrons. The summed E-state index contributed by atoms with van der Waals surface area (Å²) in [7, 11) is 0. The smallest absolute Gasteiger partial charge is 0.309 e. The van der Waals surface area contributed by atoms with Crippen LogP contribution in [0.3, 0.4) is 0 Å². The van der Waals surface area contributed by atoms with Crippen LogP contribution >= 0.6 is 0 Å². The fraction of sp³-hybridized carbons (Fsp3) is 0.941. The van der Waals surface area contributed by atoms with Crippen molar-refractivity contribution in [2.45, 2.75) is 78.9 Å². The van der Waals surface area contributed by atoms with Crippen LogP contribution in [0.2, 0.25) is 0 Å². The number of hydrogen-bond donors (Lipinski definition) is 2. The fourth-order valence-electron chi connectivity index (χ4n) is 3.36. The molecule has 0 aromatic carbocycles. The van der Waals surface area contributed by atoms with E-state index >= 15 is 0 Å². The van der Waals surface area contributed by atoms with Crippen LogP contribution < -0.4 is 0 Å². The molecule has 0 aromatic heterocycles. The summed E-state index contributed by atoms with van der Waals surface area (Å²) in [4.78, 5) is 11.8. The number of aliphatic carboxylic acids is 1. The number of carboxylic acid groups (broad SMARTS) is 1. The largest absolute Gasteiger partial charge is 0.481 e. The van der Waals surface area contributed by atoms with Gasteiger partial charge < -0.3 is 14.9 Å². The summed E-state index contributed by atoms with van der Waals surface area (Å²) in [5.41, 5.74) is -0.550. The molecule has 1 atom stereocenters. The molecule has 0 heterocycles. The van der Waals surface area contributed by atoms with E-state index in [0.29, 0.717) is 25.2 Å². The van der Waals surface area contributed by atoms with Gasteiger partial charge in [-0.05, 0) is 57.3 Å². The molecular formula is C17H32O4. The highest BCUT2D eigenvalue weighted by Crippen LogP contribution is 2.47. The molecule has 0 radical (unpaired) electrons. The van der Waals surface area contributed by atoms with Crippen molar-refractivity contribution in [1.29, 1.82) is 0 Å². The van der Waals surface area contributed by atoms with Gasteiger partial charge in [-0.1, -0.05) is 20.8 Å². The van der Waals surface area contributed by atoms with Gasteiger partial charge in [0.1, 0.15) is 0 Å². The van der Waals surface area contributed by atoms with Crippen molar-refractivity contribution < 1.29 is 19.7 Å². The molecule has 0 aliphatic heterocycles. The van der Waals surface area contributed by atoms with E-state index in [2.05, 4.69) is 20.8 Å². The zero-order valence-corrected chi connectivity index (χ0v) is 14.2. The van der Waals surface area contributed by atoms with Crippen LogP contribution in [-0.4, -0.2) is 35.0 Å². The highest BCUT2D eigenvalue weighted by molar-refractivity contribution is 5.74. The average molecular weight is 300 g/mol. The van der Waals surface area contributed by atoms with Crippen molar-refractivity contribution >= 4 is 5.97 Å². The molecule has 0 amide bonds. The number of hydrogen-bond acceptors (Lipinski definition) is 3. The van der Waals surface area contributed by atoms with Gasteiger partial charge in [0.2, 0.25) is 0 Å². The van der Waals surface area contributed by atoms with Gasteiger partial charge in [0.25, 0.3) is 0 Å². The lowest BCUT2D eigenvalue weighted by Gasteiger charge is -2.42. The second-order valence-electron chi connectivity index (χ2n) is 7.97. The summed E-state index contributed by atoms with van der Waals surface area (Å²) < 4.78 is 5.40. The number of ether oxygens (including phenoxy) is 1. The third-order valence-corrected chi connectivity index (χ3v) is 4.87. The molecule has 4 heteroatoms. The van der Waals surface area contributed by atoms with E-state index in [1.807, 2.05) is 13.8 Å². The Bertz CT molecular complexity index is 335. The minimum absolute atomic E-state index is 0.0528. The van der Waals surface area contributed by atoms with Gasteiger partial charge in [-0.3, -0.25) is 4.79 Å². The van der Waals surface area contributed by atoms with Crippen LogP contribution in [0.1, 0.15) is 66.7 Å². The van der Waals surface area contributed by atoms with Crippen LogP contribution in [0.25, 0.3) is 0 Å². The van der Waals surface area contributed by atoms with Crippen molar-refractivity contribution in [1.82, 2.24) is 0 Å². The molecule has 2 N–H and O–H groups in total. The number of aliphatic hydroxyl groups excluding tert-OH is 1. The molecule has 21 heavy (non-hydrogen) atoms. The van der Waals surface area contributed by atoms with E-state index in [9.17, 15) is 15.0 Å². The Morgan fingerprint density at radius 3 is 2.19 bits per heavy atom. The molecule has 1 aliphatic rings. The fourth-order valence-corrected chi connectivity index (χ4v) is 3.36. The first-order chi connectivity index (χ1) is 9.57. The van der Waals surface area contributed by atoms with Crippen LogP contribution in [0.15, 0.2) is 0 Å². The maximum Gasteiger partial charge on any atom is 0.309 e. The summed E-state index contributed by atoms with van der Waals surface area (Å²) in [6, 6.07) is 0. The summed E-state index contributed by atoms with van der Waals surface area (Å²) >= 11 is 0. The molecule has 1 rings (SSSR count). The lowest BCUT2D eigenvalue weighted by atomic mass is 9.62. The Kier molecular flexibility index (Phi) is 6.23. The van der Waals surface area contributed by atoms with Gasteiger partial charge in [-0.15, -0.1) is 0 Å².